The third-order valence-corrected chi connectivity index (χ3v) is 8.52. The number of carbonyl (C=O) groups is 1. The van der Waals surface area contributed by atoms with E-state index in [0.717, 1.165) is 54.9 Å². The Kier molecular flexibility index (Phi) is 7.08. The highest BCUT2D eigenvalue weighted by molar-refractivity contribution is 5.77. The number of hydrogen-bond acceptors (Lipinski definition) is 8. The largest absolute Gasteiger partial charge is 0.490 e. The van der Waals surface area contributed by atoms with E-state index < -0.39 is 24.0 Å². The van der Waals surface area contributed by atoms with Crippen LogP contribution in [0, 0.1) is 5.41 Å². The first kappa shape index (κ1) is 30.7. The number of ether oxygens (including phenoxy) is 1. The second kappa shape index (κ2) is 10.4. The van der Waals surface area contributed by atoms with Gasteiger partial charge in [0.15, 0.2) is 17.2 Å². The van der Waals surface area contributed by atoms with Gasteiger partial charge in [-0.2, -0.15) is 31.4 Å². The normalized spacial score (nSPS) is 22.4. The number of methoxy groups -OCH3 is 1. The van der Waals surface area contributed by atoms with Crippen molar-refractivity contribution in [1.29, 1.82) is 0 Å². The lowest BCUT2D eigenvalue weighted by Gasteiger charge is -2.70. The highest BCUT2D eigenvalue weighted by Gasteiger charge is 2.70. The van der Waals surface area contributed by atoms with Gasteiger partial charge in [-0.3, -0.25) is 0 Å². The van der Waals surface area contributed by atoms with Gasteiger partial charge in [0.05, 0.1) is 24.4 Å². The van der Waals surface area contributed by atoms with Gasteiger partial charge in [-0.1, -0.05) is 0 Å². The summed E-state index contributed by atoms with van der Waals surface area (Å²) in [6.45, 7) is 4.42. The monoisotopic (exact) mass is 638 g/mol. The van der Waals surface area contributed by atoms with Gasteiger partial charge >= 0.3 is 18.3 Å². The Hall–Kier alpha value is -4.31. The average Bonchev–Trinajstić information content (AvgIpc) is 3.54. The second-order valence-corrected chi connectivity index (χ2v) is 12.3. The Bertz CT molecular complexity index is 1760. The SMILES string of the molecule is COc1ncnc(C2CC2)c1-c1ncc2cnn(CC34CC(c5nc(C(F)(F)F)cn5C(C)C)(C3)C4)c2n1.O=C(O)C(F)(F)F. The van der Waals surface area contributed by atoms with Crippen molar-refractivity contribution in [3.8, 4) is 17.3 Å². The third-order valence-electron chi connectivity index (χ3n) is 8.52. The van der Waals surface area contributed by atoms with E-state index in [4.69, 9.17) is 19.6 Å². The molecule has 4 aliphatic carbocycles. The van der Waals surface area contributed by atoms with E-state index in [2.05, 4.69) is 25.0 Å². The third kappa shape index (κ3) is 5.45. The van der Waals surface area contributed by atoms with Crippen LogP contribution in [0.25, 0.3) is 22.4 Å². The molecule has 1 N–H and O–H groups in total. The molecule has 0 radical (unpaired) electrons. The maximum Gasteiger partial charge on any atom is 0.490 e. The van der Waals surface area contributed by atoms with Crippen LogP contribution >= 0.6 is 0 Å². The van der Waals surface area contributed by atoms with Crippen LogP contribution in [0.3, 0.4) is 0 Å². The summed E-state index contributed by atoms with van der Waals surface area (Å²) >= 11 is 0. The minimum Gasteiger partial charge on any atom is -0.480 e. The van der Waals surface area contributed by atoms with Crippen molar-refractivity contribution in [1.82, 2.24) is 39.3 Å². The molecule has 0 saturated heterocycles. The van der Waals surface area contributed by atoms with Gasteiger partial charge < -0.3 is 14.4 Å². The van der Waals surface area contributed by atoms with Crippen molar-refractivity contribution in [2.75, 3.05) is 7.11 Å². The van der Waals surface area contributed by atoms with E-state index in [9.17, 15) is 26.3 Å². The number of nitrogens with zero attached hydrogens (tertiary/aromatic N) is 8. The van der Waals surface area contributed by atoms with E-state index in [1.165, 1.54) is 6.33 Å². The van der Waals surface area contributed by atoms with Crippen LogP contribution in [0.5, 0.6) is 5.88 Å². The lowest BCUT2D eigenvalue weighted by Crippen LogP contribution is -2.67. The van der Waals surface area contributed by atoms with Gasteiger partial charge in [0, 0.05) is 36.3 Å². The maximum atomic E-state index is 13.4. The smallest absolute Gasteiger partial charge is 0.480 e. The van der Waals surface area contributed by atoms with Crippen LogP contribution in [0.4, 0.5) is 26.3 Å². The predicted molar refractivity (Wildman–Crippen MR) is 144 cm³/mol. The summed E-state index contributed by atoms with van der Waals surface area (Å²) in [5.41, 5.74) is 1.20. The van der Waals surface area contributed by atoms with Gasteiger partial charge in [-0.25, -0.2) is 34.4 Å². The summed E-state index contributed by atoms with van der Waals surface area (Å²) in [5, 5.41) is 12.5. The lowest BCUT2D eigenvalue weighted by atomic mass is 9.35. The van der Waals surface area contributed by atoms with E-state index in [1.54, 1.807) is 24.1 Å². The van der Waals surface area contributed by atoms with Crippen molar-refractivity contribution in [3.05, 3.63) is 42.1 Å². The summed E-state index contributed by atoms with van der Waals surface area (Å²) in [6, 6.07) is -0.0942. The van der Waals surface area contributed by atoms with E-state index in [-0.39, 0.29) is 16.9 Å². The molecule has 8 rings (SSSR count). The number of carboxylic acids is 1. The molecule has 4 heterocycles. The van der Waals surface area contributed by atoms with Crippen LogP contribution in [0.1, 0.15) is 75.1 Å². The number of rotatable bonds is 7. The quantitative estimate of drug-likeness (QED) is 0.252. The molecular formula is C28H28F6N8O3. The predicted octanol–water partition coefficient (Wildman–Crippen LogP) is 5.72. The maximum absolute atomic E-state index is 13.4. The molecule has 4 aliphatic rings. The van der Waals surface area contributed by atoms with Gasteiger partial charge in [0.25, 0.3) is 0 Å². The van der Waals surface area contributed by atoms with Gasteiger partial charge in [-0.15, -0.1) is 0 Å². The molecule has 0 unspecified atom stereocenters. The van der Waals surface area contributed by atoms with E-state index in [1.807, 2.05) is 18.5 Å². The zero-order valence-corrected chi connectivity index (χ0v) is 24.3. The molecule has 11 nitrogen and oxygen atoms in total. The fourth-order valence-electron chi connectivity index (χ4n) is 6.55. The van der Waals surface area contributed by atoms with E-state index >= 15 is 0 Å². The second-order valence-electron chi connectivity index (χ2n) is 12.3. The first-order valence-electron chi connectivity index (χ1n) is 14.1. The molecule has 0 amide bonds. The number of alkyl halides is 6. The molecule has 0 atom stereocenters. The highest BCUT2D eigenvalue weighted by atomic mass is 19.4. The number of imidazole rings is 1. The summed E-state index contributed by atoms with van der Waals surface area (Å²) < 4.78 is 81.1. The van der Waals surface area contributed by atoms with Crippen molar-refractivity contribution in [2.24, 2.45) is 5.41 Å². The van der Waals surface area contributed by atoms with Crippen molar-refractivity contribution in [2.45, 2.75) is 82.2 Å². The molecule has 0 aromatic carbocycles. The average molecular weight is 639 g/mol. The minimum absolute atomic E-state index is 0.0249. The van der Waals surface area contributed by atoms with Crippen molar-refractivity contribution >= 4 is 17.0 Å². The van der Waals surface area contributed by atoms with Crippen LogP contribution in [-0.2, 0) is 22.9 Å². The number of hydrogen-bond donors (Lipinski definition) is 1. The Morgan fingerprint density at radius 3 is 2.29 bits per heavy atom. The molecule has 2 bridgehead atoms. The first-order valence-corrected chi connectivity index (χ1v) is 14.1. The Morgan fingerprint density at radius 1 is 1.07 bits per heavy atom. The van der Waals surface area contributed by atoms with Gasteiger partial charge in [0.2, 0.25) is 5.88 Å². The molecule has 0 spiro atoms. The summed E-state index contributed by atoms with van der Waals surface area (Å²) in [5.74, 6) is -0.883. The molecule has 4 fully saturated rings. The summed E-state index contributed by atoms with van der Waals surface area (Å²) in [4.78, 5) is 31.2. The number of halogens is 6. The van der Waals surface area contributed by atoms with E-state index in [0.29, 0.717) is 35.6 Å². The minimum atomic E-state index is -5.08. The van der Waals surface area contributed by atoms with Crippen LogP contribution in [0.2, 0.25) is 0 Å². The van der Waals surface area contributed by atoms with Crippen LogP contribution < -0.4 is 4.74 Å². The molecule has 4 aromatic rings. The molecule has 4 saturated carbocycles. The molecule has 17 heteroatoms. The Labute approximate surface area is 251 Å². The number of carboxylic acid groups (broad SMARTS) is 1. The number of aromatic nitrogens is 8. The molecule has 0 aliphatic heterocycles. The topological polar surface area (TPSA) is 134 Å². The molecule has 45 heavy (non-hydrogen) atoms. The Balaban J connectivity index is 0.000000460. The fourth-order valence-corrected chi connectivity index (χ4v) is 6.55. The zero-order chi connectivity index (χ0) is 32.5. The van der Waals surface area contributed by atoms with Crippen molar-refractivity contribution < 1.29 is 41.0 Å². The molecular weight excluding hydrogens is 610 g/mol. The first-order chi connectivity index (χ1) is 21.1. The Morgan fingerprint density at radius 2 is 1.73 bits per heavy atom. The lowest BCUT2D eigenvalue weighted by molar-refractivity contribution is -0.192. The van der Waals surface area contributed by atoms with Gasteiger partial charge in [0.1, 0.15) is 17.7 Å². The van der Waals surface area contributed by atoms with Gasteiger partial charge in [-0.05, 0) is 51.4 Å². The molecule has 4 aromatic heterocycles. The summed E-state index contributed by atoms with van der Waals surface area (Å²) in [6.07, 6.45) is 1.13. The fraction of sp³-hybridized carbons (Fsp3) is 0.536. The standard InChI is InChI=1S/C26H27F3N8O.C2HF3O2/c1-14(2)36-8-17(26(27,28)29)34-23(36)25-9-24(10-25,11-25)12-37-21-16(7-33-37)6-30-20(35-21)18-19(15-4-5-15)31-13-32-22(18)38-3;3-2(4,5)1(6)7/h6-8,13-15H,4-5,9-12H2,1-3H3;(H,6,7). The highest BCUT2D eigenvalue weighted by Crippen LogP contribution is 2.74. The van der Waals surface area contributed by atoms with Crippen LogP contribution in [0.15, 0.2) is 24.9 Å². The van der Waals surface area contributed by atoms with Crippen molar-refractivity contribution in [3.63, 3.8) is 0 Å². The zero-order valence-electron chi connectivity index (χ0n) is 24.3. The molecule has 240 valence electrons. The van der Waals surface area contributed by atoms with Crippen LogP contribution in [-0.4, -0.2) is 63.6 Å². The number of aliphatic carboxylic acids is 1. The number of fused-ring (bicyclic) bond motifs is 1. The summed E-state index contributed by atoms with van der Waals surface area (Å²) in [7, 11) is 1.58.